The lowest BCUT2D eigenvalue weighted by atomic mass is 9.43. The Bertz CT molecular complexity index is 1370. The van der Waals surface area contributed by atoms with Gasteiger partial charge in [0.2, 0.25) is 5.91 Å². The van der Waals surface area contributed by atoms with Crippen molar-refractivity contribution in [1.82, 2.24) is 20.4 Å². The minimum atomic E-state index is -1.15. The highest BCUT2D eigenvalue weighted by atomic mass is 16.7. The first kappa shape index (κ1) is 31.8. The molecule has 1 aromatic rings. The molecule has 5 aliphatic rings. The number of aromatic carboxylic acids is 1. The van der Waals surface area contributed by atoms with Gasteiger partial charge in [-0.3, -0.25) is 19.3 Å². The molecule has 1 aromatic carbocycles. The predicted octanol–water partition coefficient (Wildman–Crippen LogP) is 1.48. The Morgan fingerprint density at radius 2 is 1.86 bits per heavy atom. The van der Waals surface area contributed by atoms with Crippen LogP contribution >= 0.6 is 0 Å². The van der Waals surface area contributed by atoms with Crippen molar-refractivity contribution in [3.05, 3.63) is 29.3 Å². The van der Waals surface area contributed by atoms with Crippen molar-refractivity contribution in [3.8, 4) is 5.75 Å². The van der Waals surface area contributed by atoms with E-state index in [0.29, 0.717) is 18.0 Å². The zero-order valence-electron chi connectivity index (χ0n) is 26.0. The Morgan fingerprint density at radius 3 is 2.50 bits per heavy atom. The zero-order valence-corrected chi connectivity index (χ0v) is 26.0. The Balaban J connectivity index is 1.35. The van der Waals surface area contributed by atoms with Crippen LogP contribution < -0.4 is 15.4 Å². The number of hydrogen-bond acceptors (Lipinski definition) is 8. The average Bonchev–Trinajstić information content (AvgIpc) is 3.34. The number of carbonyl (C=O) groups is 5. The fourth-order valence-electron chi connectivity index (χ4n) is 7.48. The van der Waals surface area contributed by atoms with Gasteiger partial charge in [0, 0.05) is 19.6 Å². The highest BCUT2D eigenvalue weighted by Gasteiger charge is 2.68. The van der Waals surface area contributed by atoms with Crippen molar-refractivity contribution in [3.63, 3.8) is 0 Å². The molecule has 6 rings (SSSR count). The summed E-state index contributed by atoms with van der Waals surface area (Å²) in [4.78, 5) is 65.2. The van der Waals surface area contributed by atoms with Gasteiger partial charge in [-0.25, -0.2) is 9.59 Å². The maximum Gasteiger partial charge on any atom is 0.482 e. The van der Waals surface area contributed by atoms with Crippen LogP contribution in [0.2, 0.25) is 0 Å². The van der Waals surface area contributed by atoms with Crippen LogP contribution in [0.25, 0.3) is 0 Å². The van der Waals surface area contributed by atoms with E-state index < -0.39 is 54.4 Å². The van der Waals surface area contributed by atoms with Crippen molar-refractivity contribution in [1.29, 1.82) is 0 Å². The Labute approximate surface area is 257 Å². The molecule has 0 spiro atoms. The minimum Gasteiger partial charge on any atom is -0.496 e. The summed E-state index contributed by atoms with van der Waals surface area (Å²) < 4.78 is 18.6. The van der Waals surface area contributed by atoms with Crippen LogP contribution in [0.5, 0.6) is 5.75 Å². The number of nitrogens with zero attached hydrogens (tertiary/aromatic N) is 2. The van der Waals surface area contributed by atoms with Gasteiger partial charge in [-0.1, -0.05) is 26.0 Å². The van der Waals surface area contributed by atoms with Crippen molar-refractivity contribution in [2.24, 2.45) is 17.3 Å². The first-order chi connectivity index (χ1) is 20.7. The van der Waals surface area contributed by atoms with E-state index in [9.17, 15) is 29.1 Å². The number of carbonyl (C=O) groups excluding carboxylic acids is 4. The largest absolute Gasteiger partial charge is 0.496 e. The van der Waals surface area contributed by atoms with Crippen LogP contribution in [0.15, 0.2) is 18.2 Å². The van der Waals surface area contributed by atoms with Crippen molar-refractivity contribution in [2.75, 3.05) is 26.7 Å². The molecule has 6 atom stereocenters. The molecule has 3 unspecified atom stereocenters. The predicted molar refractivity (Wildman–Crippen MR) is 158 cm³/mol. The highest BCUT2D eigenvalue weighted by molar-refractivity contribution is 6.48. The SMILES string of the molecule is CCN1CCN(C(=O)NC(C)C(=O)NC(Cc2cccc(C(=O)O)c2OC)B2OC3C[C@@H]4C[C@@H](C4(C)C)[C@]3(C)O2)C(=O)C1=O. The minimum absolute atomic E-state index is 0.0170. The second-order valence-electron chi connectivity index (χ2n) is 13.0. The van der Waals surface area contributed by atoms with E-state index in [2.05, 4.69) is 31.4 Å². The number of carboxylic acid groups (broad SMARTS) is 1. The molecule has 3 aliphatic carbocycles. The number of carboxylic acids is 1. The van der Waals surface area contributed by atoms with Gasteiger partial charge < -0.3 is 34.7 Å². The van der Waals surface area contributed by atoms with Gasteiger partial charge >= 0.3 is 30.9 Å². The van der Waals surface area contributed by atoms with E-state index in [1.807, 2.05) is 0 Å². The number of methoxy groups -OCH3 is 1. The Kier molecular flexibility index (Phi) is 8.45. The molecule has 5 fully saturated rings. The molecule has 2 bridgehead atoms. The van der Waals surface area contributed by atoms with E-state index in [1.165, 1.54) is 25.0 Å². The number of rotatable bonds is 9. The van der Waals surface area contributed by atoms with E-state index in [0.717, 1.165) is 17.7 Å². The summed E-state index contributed by atoms with van der Waals surface area (Å²) >= 11 is 0. The number of imide groups is 1. The van der Waals surface area contributed by atoms with Crippen LogP contribution in [0, 0.1) is 17.3 Å². The van der Waals surface area contributed by atoms with Gasteiger partial charge in [0.25, 0.3) is 0 Å². The molecular weight excluding hydrogens is 571 g/mol. The third-order valence-electron chi connectivity index (χ3n) is 10.3. The topological polar surface area (TPSA) is 164 Å². The number of benzene rings is 1. The number of likely N-dealkylation sites (N-methyl/N-ethyl adjacent to an activating group) is 1. The van der Waals surface area contributed by atoms with Crippen LogP contribution in [-0.4, -0.2) is 102 Å². The molecule has 0 radical (unpaired) electrons. The average molecular weight is 612 g/mol. The number of amides is 5. The lowest BCUT2D eigenvalue weighted by molar-refractivity contribution is -0.199. The lowest BCUT2D eigenvalue weighted by Gasteiger charge is -2.64. The van der Waals surface area contributed by atoms with Crippen molar-refractivity contribution >= 4 is 36.8 Å². The number of para-hydroxylation sites is 1. The molecule has 2 saturated heterocycles. The molecule has 0 aromatic heterocycles. The molecule has 3 N–H and O–H groups in total. The van der Waals surface area contributed by atoms with Crippen LogP contribution in [0.4, 0.5) is 4.79 Å². The molecular formula is C30H41BN4O9. The van der Waals surface area contributed by atoms with Crippen molar-refractivity contribution < 1.29 is 43.1 Å². The quantitative estimate of drug-likeness (QED) is 0.277. The Morgan fingerprint density at radius 1 is 1.14 bits per heavy atom. The fraction of sp³-hybridized carbons (Fsp3) is 0.633. The second-order valence-corrected chi connectivity index (χ2v) is 13.0. The normalized spacial score (nSPS) is 28.5. The third kappa shape index (κ3) is 5.31. The summed E-state index contributed by atoms with van der Waals surface area (Å²) in [6.07, 6.45) is 1.82. The monoisotopic (exact) mass is 612 g/mol. The van der Waals surface area contributed by atoms with Gasteiger partial charge in [0.1, 0.15) is 17.4 Å². The summed E-state index contributed by atoms with van der Waals surface area (Å²) in [5.74, 6) is -3.26. The van der Waals surface area contributed by atoms with Crippen LogP contribution in [0.3, 0.4) is 0 Å². The molecule has 5 amide bonds. The number of hydrogen-bond donors (Lipinski definition) is 3. The van der Waals surface area contributed by atoms with Gasteiger partial charge in [0.15, 0.2) is 0 Å². The summed E-state index contributed by atoms with van der Waals surface area (Å²) in [7, 11) is 0.530. The lowest BCUT2D eigenvalue weighted by Crippen LogP contribution is -2.65. The maximum atomic E-state index is 13.5. The summed E-state index contributed by atoms with van der Waals surface area (Å²) in [5, 5.41) is 15.2. The van der Waals surface area contributed by atoms with Gasteiger partial charge in [0.05, 0.1) is 24.8 Å². The molecule has 13 nitrogen and oxygen atoms in total. The van der Waals surface area contributed by atoms with Crippen molar-refractivity contribution in [2.45, 2.75) is 77.6 Å². The summed E-state index contributed by atoms with van der Waals surface area (Å²) in [5.41, 5.74) is 0.0482. The summed E-state index contributed by atoms with van der Waals surface area (Å²) in [6.45, 7) is 10.3. The summed E-state index contributed by atoms with van der Waals surface area (Å²) in [6, 6.07) is 2.83. The molecule has 2 aliphatic heterocycles. The van der Waals surface area contributed by atoms with Gasteiger partial charge in [-0.05, 0) is 68.9 Å². The number of piperazine rings is 1. The number of ether oxygens (including phenoxy) is 1. The molecule has 14 heteroatoms. The first-order valence-electron chi connectivity index (χ1n) is 15.2. The van der Waals surface area contributed by atoms with E-state index in [1.54, 1.807) is 19.1 Å². The third-order valence-corrected chi connectivity index (χ3v) is 10.3. The number of nitrogens with one attached hydrogen (secondary N) is 2. The van der Waals surface area contributed by atoms with E-state index >= 15 is 0 Å². The first-order valence-corrected chi connectivity index (χ1v) is 15.2. The van der Waals surface area contributed by atoms with Crippen LogP contribution in [0.1, 0.15) is 63.4 Å². The smallest absolute Gasteiger partial charge is 0.482 e. The fourth-order valence-corrected chi connectivity index (χ4v) is 7.48. The van der Waals surface area contributed by atoms with E-state index in [4.69, 9.17) is 14.0 Å². The van der Waals surface area contributed by atoms with Gasteiger partial charge in [-0.15, -0.1) is 0 Å². The maximum absolute atomic E-state index is 13.5. The second kappa shape index (κ2) is 11.7. The molecule has 238 valence electrons. The zero-order chi connectivity index (χ0) is 32.1. The number of urea groups is 1. The highest BCUT2D eigenvalue weighted by Crippen LogP contribution is 2.65. The Hall–Kier alpha value is -3.65. The van der Waals surface area contributed by atoms with Gasteiger partial charge in [-0.2, -0.15) is 0 Å². The van der Waals surface area contributed by atoms with Crippen LogP contribution in [-0.2, 0) is 30.1 Å². The molecule has 44 heavy (non-hydrogen) atoms. The molecule has 3 saturated carbocycles. The molecule has 2 heterocycles. The van der Waals surface area contributed by atoms with E-state index in [-0.39, 0.29) is 48.3 Å². The standard InChI is InChI=1S/C30H41BN4O9/c1-7-34-11-12-35(26(38)25(34)37)28(41)32-16(2)24(36)33-22(13-17-9-8-10-19(27(39)40)23(17)42-6)31-43-21-15-18-14-20(29(18,3)4)30(21,5)44-31/h8-10,16,18,20-22H,7,11-15H2,1-6H3,(H,32,41)(H,33,36)(H,39,40)/t16?,18-,20-,21?,22?,30-/m0/s1.